The Balaban J connectivity index is 1.81. The Kier molecular flexibility index (Phi) is 5.79. The van der Waals surface area contributed by atoms with Crippen molar-refractivity contribution < 1.29 is 9.90 Å². The zero-order valence-corrected chi connectivity index (χ0v) is 11.8. The average molecular weight is 272 g/mol. The second-order valence-electron chi connectivity index (χ2n) is 5.18. The lowest BCUT2D eigenvalue weighted by molar-refractivity contribution is -0.135. The summed E-state index contributed by atoms with van der Waals surface area (Å²) in [5.74, 6) is 2.47. The number of thioether (sulfide) groups is 1. The molecular weight excluding hydrogens is 248 g/mol. The number of nitrogens with zero attached hydrogens (tertiary/aromatic N) is 1. The summed E-state index contributed by atoms with van der Waals surface area (Å²) in [6, 6.07) is 0.785. The fraction of sp³-hybridized carbons (Fsp3) is 0.923. The number of aliphatic hydroxyl groups is 1. The smallest absolute Gasteiger partial charge is 0.224 e. The summed E-state index contributed by atoms with van der Waals surface area (Å²) in [6.07, 6.45) is 4.85. The van der Waals surface area contributed by atoms with Crippen molar-refractivity contribution in [3.63, 3.8) is 0 Å². The Hall–Kier alpha value is -0.260. The zero-order chi connectivity index (χ0) is 12.8. The highest BCUT2D eigenvalue weighted by molar-refractivity contribution is 7.99. The molecule has 2 fully saturated rings. The third kappa shape index (κ3) is 3.87. The predicted octanol–water partition coefficient (Wildman–Crippen LogP) is 0.845. The van der Waals surface area contributed by atoms with Crippen LogP contribution in [0.25, 0.3) is 0 Å². The Morgan fingerprint density at radius 2 is 2.28 bits per heavy atom. The van der Waals surface area contributed by atoms with E-state index in [1.54, 1.807) is 0 Å². The summed E-state index contributed by atoms with van der Waals surface area (Å²) >= 11 is 1.93. The Labute approximate surface area is 113 Å². The van der Waals surface area contributed by atoms with Gasteiger partial charge >= 0.3 is 0 Å². The van der Waals surface area contributed by atoms with Gasteiger partial charge in [-0.15, -0.1) is 0 Å². The summed E-state index contributed by atoms with van der Waals surface area (Å²) in [6.45, 7) is 1.91. The molecule has 2 aliphatic rings. The van der Waals surface area contributed by atoms with Crippen LogP contribution in [0.3, 0.4) is 0 Å². The van der Waals surface area contributed by atoms with Crippen molar-refractivity contribution in [2.24, 2.45) is 0 Å². The van der Waals surface area contributed by atoms with Crippen molar-refractivity contribution in [3.05, 3.63) is 0 Å². The third-order valence-electron chi connectivity index (χ3n) is 3.81. The van der Waals surface area contributed by atoms with Crippen LogP contribution in [0.1, 0.15) is 32.1 Å². The van der Waals surface area contributed by atoms with Gasteiger partial charge in [-0.05, 0) is 25.7 Å². The second kappa shape index (κ2) is 7.36. The first kappa shape index (κ1) is 14.2. The molecule has 4 nitrogen and oxygen atoms in total. The van der Waals surface area contributed by atoms with Gasteiger partial charge in [-0.1, -0.05) is 0 Å². The number of carbonyl (C=O) groups excluding carboxylic acids is 1. The van der Waals surface area contributed by atoms with Crippen molar-refractivity contribution in [2.45, 2.75) is 44.2 Å². The molecule has 1 unspecified atom stereocenters. The Bertz CT molecular complexity index is 266. The summed E-state index contributed by atoms with van der Waals surface area (Å²) in [5, 5.41) is 12.4. The van der Waals surface area contributed by atoms with Gasteiger partial charge in [-0.25, -0.2) is 0 Å². The highest BCUT2D eigenvalue weighted by Crippen LogP contribution is 2.26. The summed E-state index contributed by atoms with van der Waals surface area (Å²) in [5.41, 5.74) is 0. The van der Waals surface area contributed by atoms with Crippen molar-refractivity contribution >= 4 is 17.7 Å². The molecule has 0 spiro atoms. The third-order valence-corrected chi connectivity index (χ3v) is 4.94. The summed E-state index contributed by atoms with van der Waals surface area (Å²) in [4.78, 5) is 14.4. The molecule has 2 rings (SSSR count). The Morgan fingerprint density at radius 1 is 1.44 bits per heavy atom. The molecule has 0 aromatic heterocycles. The maximum absolute atomic E-state index is 12.3. The van der Waals surface area contributed by atoms with Crippen LogP contribution in [-0.2, 0) is 4.79 Å². The molecule has 5 heteroatoms. The highest BCUT2D eigenvalue weighted by atomic mass is 32.2. The number of carbonyl (C=O) groups is 1. The number of nitrogens with one attached hydrogen (secondary N) is 1. The highest BCUT2D eigenvalue weighted by Gasteiger charge is 2.29. The number of amides is 1. The number of aliphatic hydroxyl groups excluding tert-OH is 1. The first-order chi connectivity index (χ1) is 8.81. The molecule has 1 atom stereocenters. The monoisotopic (exact) mass is 272 g/mol. The van der Waals surface area contributed by atoms with Crippen molar-refractivity contribution in [1.82, 2.24) is 10.2 Å². The minimum absolute atomic E-state index is 0.175. The molecule has 1 heterocycles. The van der Waals surface area contributed by atoms with Gasteiger partial charge in [0, 0.05) is 49.7 Å². The van der Waals surface area contributed by atoms with E-state index < -0.39 is 0 Å². The maximum atomic E-state index is 12.3. The standard InChI is InChI=1S/C13H24N2O2S/c16-7-2-6-15(12-3-1-4-12)13(17)9-11-10-18-8-5-14-11/h11-12,14,16H,1-10H2. The summed E-state index contributed by atoms with van der Waals surface area (Å²) in [7, 11) is 0. The number of hydrogen-bond acceptors (Lipinski definition) is 4. The molecule has 0 aromatic carbocycles. The van der Waals surface area contributed by atoms with E-state index in [0.717, 1.165) is 37.4 Å². The number of hydrogen-bond donors (Lipinski definition) is 2. The van der Waals surface area contributed by atoms with E-state index in [1.165, 1.54) is 6.42 Å². The fourth-order valence-electron chi connectivity index (χ4n) is 2.53. The second-order valence-corrected chi connectivity index (χ2v) is 6.33. The van der Waals surface area contributed by atoms with Crippen LogP contribution >= 0.6 is 11.8 Å². The van der Waals surface area contributed by atoms with Crippen molar-refractivity contribution in [1.29, 1.82) is 0 Å². The SMILES string of the molecule is O=C(CC1CSCCN1)N(CCCO)C1CCC1. The van der Waals surface area contributed by atoms with Crippen LogP contribution in [0.15, 0.2) is 0 Å². The van der Waals surface area contributed by atoms with Gasteiger partial charge in [0.2, 0.25) is 5.91 Å². The van der Waals surface area contributed by atoms with Gasteiger partial charge in [0.25, 0.3) is 0 Å². The molecular formula is C13H24N2O2S. The molecule has 104 valence electrons. The summed E-state index contributed by atoms with van der Waals surface area (Å²) < 4.78 is 0. The minimum Gasteiger partial charge on any atom is -0.396 e. The topological polar surface area (TPSA) is 52.6 Å². The molecule has 1 amide bonds. The number of rotatable bonds is 6. The van der Waals surface area contributed by atoms with Crippen LogP contribution in [-0.4, -0.2) is 59.2 Å². The average Bonchev–Trinajstić information content (AvgIpc) is 2.33. The Morgan fingerprint density at radius 3 is 2.83 bits per heavy atom. The molecule has 1 aliphatic carbocycles. The lowest BCUT2D eigenvalue weighted by Gasteiger charge is -2.38. The quantitative estimate of drug-likeness (QED) is 0.752. The van der Waals surface area contributed by atoms with E-state index in [0.29, 0.717) is 24.9 Å². The van der Waals surface area contributed by atoms with Crippen LogP contribution in [0.4, 0.5) is 0 Å². The van der Waals surface area contributed by atoms with Gasteiger partial charge in [-0.3, -0.25) is 4.79 Å². The van der Waals surface area contributed by atoms with E-state index in [9.17, 15) is 4.79 Å². The van der Waals surface area contributed by atoms with Crippen LogP contribution < -0.4 is 5.32 Å². The van der Waals surface area contributed by atoms with E-state index in [-0.39, 0.29) is 12.5 Å². The lowest BCUT2D eigenvalue weighted by Crippen LogP contribution is -2.48. The van der Waals surface area contributed by atoms with Gasteiger partial charge in [-0.2, -0.15) is 11.8 Å². The molecule has 0 radical (unpaired) electrons. The van der Waals surface area contributed by atoms with Crippen LogP contribution in [0.5, 0.6) is 0 Å². The molecule has 1 aliphatic heterocycles. The fourth-order valence-corrected chi connectivity index (χ4v) is 3.48. The van der Waals surface area contributed by atoms with Gasteiger partial charge in [0.15, 0.2) is 0 Å². The van der Waals surface area contributed by atoms with E-state index in [1.807, 2.05) is 16.7 Å². The van der Waals surface area contributed by atoms with E-state index in [4.69, 9.17) is 5.11 Å². The van der Waals surface area contributed by atoms with Crippen LogP contribution in [0, 0.1) is 0 Å². The van der Waals surface area contributed by atoms with Gasteiger partial charge < -0.3 is 15.3 Å². The molecule has 2 N–H and O–H groups in total. The maximum Gasteiger partial charge on any atom is 0.224 e. The molecule has 0 aromatic rings. The van der Waals surface area contributed by atoms with Crippen molar-refractivity contribution in [2.75, 3.05) is 31.2 Å². The lowest BCUT2D eigenvalue weighted by atomic mass is 9.91. The van der Waals surface area contributed by atoms with Crippen LogP contribution in [0.2, 0.25) is 0 Å². The predicted molar refractivity (Wildman–Crippen MR) is 74.8 cm³/mol. The minimum atomic E-state index is 0.175. The first-order valence-corrected chi connectivity index (χ1v) is 8.18. The molecule has 18 heavy (non-hydrogen) atoms. The molecule has 1 saturated carbocycles. The molecule has 1 saturated heterocycles. The van der Waals surface area contributed by atoms with Gasteiger partial charge in [0.1, 0.15) is 0 Å². The normalized spacial score (nSPS) is 24.6. The largest absolute Gasteiger partial charge is 0.396 e. The zero-order valence-electron chi connectivity index (χ0n) is 10.9. The van der Waals surface area contributed by atoms with E-state index in [2.05, 4.69) is 5.32 Å². The van der Waals surface area contributed by atoms with E-state index >= 15 is 0 Å². The first-order valence-electron chi connectivity index (χ1n) is 7.02. The molecule has 0 bridgehead atoms. The van der Waals surface area contributed by atoms with Gasteiger partial charge in [0.05, 0.1) is 0 Å². The van der Waals surface area contributed by atoms with Crippen molar-refractivity contribution in [3.8, 4) is 0 Å².